The molecule has 0 saturated carbocycles. The first-order valence-corrected chi connectivity index (χ1v) is 7.80. The highest BCUT2D eigenvalue weighted by Crippen LogP contribution is 2.10. The van der Waals surface area contributed by atoms with Gasteiger partial charge in [0.15, 0.2) is 0 Å². The van der Waals surface area contributed by atoms with Crippen molar-refractivity contribution in [2.75, 3.05) is 31.2 Å². The molecule has 1 saturated heterocycles. The topological polar surface area (TPSA) is 87.6 Å². The van der Waals surface area contributed by atoms with Crippen LogP contribution in [0, 0.1) is 0 Å². The predicted molar refractivity (Wildman–Crippen MR) is 82.9 cm³/mol. The van der Waals surface area contributed by atoms with E-state index in [1.807, 2.05) is 0 Å². The number of rotatable bonds is 8. The van der Waals surface area contributed by atoms with Gasteiger partial charge in [-0.3, -0.25) is 4.79 Å². The lowest BCUT2D eigenvalue weighted by atomic mass is 10.1. The minimum atomic E-state index is -0.806. The van der Waals surface area contributed by atoms with Gasteiger partial charge in [0.25, 0.3) is 0 Å². The van der Waals surface area contributed by atoms with Gasteiger partial charge in [0.1, 0.15) is 6.04 Å². The standard InChI is InChI=1S/C15H24N4O3/c1-2-3-4-13(14(20)21)16-9-12-10-17-15(18-11-12)19-5-7-22-8-6-19/h10-11,13,16H,2-9H2,1H3,(H,20,21)/t13-/m1/s1. The van der Waals surface area contributed by atoms with Crippen molar-refractivity contribution in [3.63, 3.8) is 0 Å². The van der Waals surface area contributed by atoms with Crippen molar-refractivity contribution in [2.24, 2.45) is 0 Å². The number of carbonyl (C=O) groups is 1. The van der Waals surface area contributed by atoms with Crippen LogP contribution in [0.5, 0.6) is 0 Å². The Balaban J connectivity index is 1.86. The molecular formula is C15H24N4O3. The molecule has 0 bridgehead atoms. The van der Waals surface area contributed by atoms with Gasteiger partial charge in [-0.2, -0.15) is 0 Å². The van der Waals surface area contributed by atoms with Crippen molar-refractivity contribution in [3.05, 3.63) is 18.0 Å². The number of nitrogens with zero attached hydrogens (tertiary/aromatic N) is 3. The summed E-state index contributed by atoms with van der Waals surface area (Å²) in [5, 5.41) is 12.2. The first-order valence-electron chi connectivity index (χ1n) is 7.80. The van der Waals surface area contributed by atoms with E-state index in [2.05, 4.69) is 27.1 Å². The quantitative estimate of drug-likeness (QED) is 0.742. The number of unbranched alkanes of at least 4 members (excludes halogenated alkanes) is 1. The second-order valence-corrected chi connectivity index (χ2v) is 5.40. The SMILES string of the molecule is CCCC[C@@H](NCc1cnc(N2CCOCC2)nc1)C(=O)O. The molecule has 122 valence electrons. The monoisotopic (exact) mass is 308 g/mol. The molecule has 0 aliphatic carbocycles. The Morgan fingerprint density at radius 3 is 2.68 bits per heavy atom. The van der Waals surface area contributed by atoms with Gasteiger partial charge >= 0.3 is 5.97 Å². The van der Waals surface area contributed by atoms with E-state index in [1.54, 1.807) is 12.4 Å². The number of morpholine rings is 1. The average Bonchev–Trinajstić information content (AvgIpc) is 2.56. The zero-order chi connectivity index (χ0) is 15.8. The second kappa shape index (κ2) is 8.65. The fraction of sp³-hybridized carbons (Fsp3) is 0.667. The first-order chi connectivity index (χ1) is 10.7. The summed E-state index contributed by atoms with van der Waals surface area (Å²) < 4.78 is 5.30. The Morgan fingerprint density at radius 2 is 2.09 bits per heavy atom. The van der Waals surface area contributed by atoms with Gasteiger partial charge < -0.3 is 20.1 Å². The molecule has 2 heterocycles. The highest BCUT2D eigenvalue weighted by molar-refractivity contribution is 5.73. The van der Waals surface area contributed by atoms with Crippen molar-refractivity contribution in [1.29, 1.82) is 0 Å². The van der Waals surface area contributed by atoms with Crippen LogP contribution in [0.15, 0.2) is 12.4 Å². The lowest BCUT2D eigenvalue weighted by molar-refractivity contribution is -0.139. The number of aromatic nitrogens is 2. The smallest absolute Gasteiger partial charge is 0.320 e. The molecule has 0 spiro atoms. The molecule has 1 aromatic rings. The van der Waals surface area contributed by atoms with Crippen LogP contribution < -0.4 is 10.2 Å². The van der Waals surface area contributed by atoms with Gasteiger partial charge in [-0.05, 0) is 6.42 Å². The van der Waals surface area contributed by atoms with Crippen LogP contribution in [-0.2, 0) is 16.1 Å². The van der Waals surface area contributed by atoms with Crippen LogP contribution >= 0.6 is 0 Å². The molecule has 1 aromatic heterocycles. The first kappa shape index (κ1) is 16.6. The van der Waals surface area contributed by atoms with Crippen molar-refractivity contribution in [3.8, 4) is 0 Å². The molecule has 2 rings (SSSR count). The summed E-state index contributed by atoms with van der Waals surface area (Å²) in [5.41, 5.74) is 0.889. The molecule has 7 nitrogen and oxygen atoms in total. The number of ether oxygens (including phenoxy) is 1. The summed E-state index contributed by atoms with van der Waals surface area (Å²) in [6.45, 7) is 5.52. The summed E-state index contributed by atoms with van der Waals surface area (Å²) in [4.78, 5) is 22.0. The molecule has 0 radical (unpaired) electrons. The Bertz CT molecular complexity index is 460. The van der Waals surface area contributed by atoms with E-state index in [0.717, 1.165) is 31.5 Å². The summed E-state index contributed by atoms with van der Waals surface area (Å²) in [6.07, 6.45) is 6.03. The fourth-order valence-corrected chi connectivity index (χ4v) is 2.33. The van der Waals surface area contributed by atoms with Crippen LogP contribution in [0.2, 0.25) is 0 Å². The lowest BCUT2D eigenvalue weighted by Gasteiger charge is -2.26. The average molecular weight is 308 g/mol. The Labute approximate surface area is 130 Å². The third-order valence-electron chi connectivity index (χ3n) is 3.68. The third-order valence-corrected chi connectivity index (χ3v) is 3.68. The van der Waals surface area contributed by atoms with Crippen molar-refractivity contribution in [2.45, 2.75) is 38.8 Å². The maximum Gasteiger partial charge on any atom is 0.320 e. The Hall–Kier alpha value is -1.73. The van der Waals surface area contributed by atoms with Crippen molar-refractivity contribution < 1.29 is 14.6 Å². The maximum absolute atomic E-state index is 11.2. The number of hydrogen-bond acceptors (Lipinski definition) is 6. The molecule has 1 fully saturated rings. The van der Waals surface area contributed by atoms with E-state index >= 15 is 0 Å². The predicted octanol–water partition coefficient (Wildman–Crippen LogP) is 1.05. The van der Waals surface area contributed by atoms with Crippen LogP contribution in [0.25, 0.3) is 0 Å². The number of aliphatic carboxylic acids is 1. The molecule has 0 aromatic carbocycles. The van der Waals surface area contributed by atoms with E-state index in [0.29, 0.717) is 32.1 Å². The molecular weight excluding hydrogens is 284 g/mol. The van der Waals surface area contributed by atoms with Gasteiger partial charge in [0.2, 0.25) is 5.95 Å². The van der Waals surface area contributed by atoms with E-state index < -0.39 is 12.0 Å². The summed E-state index contributed by atoms with van der Waals surface area (Å²) in [7, 11) is 0. The van der Waals surface area contributed by atoms with Crippen molar-refractivity contribution in [1.82, 2.24) is 15.3 Å². The number of carboxylic acid groups (broad SMARTS) is 1. The van der Waals surface area contributed by atoms with Gasteiger partial charge in [-0.15, -0.1) is 0 Å². The molecule has 1 aliphatic rings. The minimum Gasteiger partial charge on any atom is -0.480 e. The molecule has 22 heavy (non-hydrogen) atoms. The fourth-order valence-electron chi connectivity index (χ4n) is 2.33. The lowest BCUT2D eigenvalue weighted by Crippen LogP contribution is -2.37. The summed E-state index contributed by atoms with van der Waals surface area (Å²) in [6, 6.07) is -0.515. The van der Waals surface area contributed by atoms with E-state index in [1.165, 1.54) is 0 Å². The number of nitrogens with one attached hydrogen (secondary N) is 1. The van der Waals surface area contributed by atoms with Crippen LogP contribution in [0.3, 0.4) is 0 Å². The van der Waals surface area contributed by atoms with Crippen LogP contribution in [0.1, 0.15) is 31.7 Å². The molecule has 2 N–H and O–H groups in total. The van der Waals surface area contributed by atoms with Crippen LogP contribution in [-0.4, -0.2) is 53.4 Å². The molecule has 0 amide bonds. The molecule has 1 aliphatic heterocycles. The minimum absolute atomic E-state index is 0.462. The largest absolute Gasteiger partial charge is 0.480 e. The molecule has 0 unspecified atom stereocenters. The summed E-state index contributed by atoms with van der Waals surface area (Å²) in [5.74, 6) is -0.105. The van der Waals surface area contributed by atoms with E-state index in [9.17, 15) is 9.90 Å². The number of carboxylic acids is 1. The second-order valence-electron chi connectivity index (χ2n) is 5.40. The summed E-state index contributed by atoms with van der Waals surface area (Å²) >= 11 is 0. The van der Waals surface area contributed by atoms with E-state index in [-0.39, 0.29) is 0 Å². The van der Waals surface area contributed by atoms with Gasteiger partial charge in [0.05, 0.1) is 13.2 Å². The zero-order valence-electron chi connectivity index (χ0n) is 13.0. The Morgan fingerprint density at radius 1 is 1.41 bits per heavy atom. The Kier molecular flexibility index (Phi) is 6.54. The molecule has 1 atom stereocenters. The van der Waals surface area contributed by atoms with Crippen LogP contribution in [0.4, 0.5) is 5.95 Å². The maximum atomic E-state index is 11.2. The van der Waals surface area contributed by atoms with Gasteiger partial charge in [-0.1, -0.05) is 19.8 Å². The van der Waals surface area contributed by atoms with E-state index in [4.69, 9.17) is 4.74 Å². The molecule has 7 heteroatoms. The highest BCUT2D eigenvalue weighted by atomic mass is 16.5. The van der Waals surface area contributed by atoms with Gasteiger partial charge in [-0.25, -0.2) is 9.97 Å². The normalized spacial score (nSPS) is 16.5. The zero-order valence-corrected chi connectivity index (χ0v) is 13.0. The number of anilines is 1. The number of hydrogen-bond donors (Lipinski definition) is 2. The van der Waals surface area contributed by atoms with Gasteiger partial charge in [0, 0.05) is 37.6 Å². The van der Waals surface area contributed by atoms with Crippen molar-refractivity contribution >= 4 is 11.9 Å². The highest BCUT2D eigenvalue weighted by Gasteiger charge is 2.16. The third kappa shape index (κ3) is 4.92.